The van der Waals surface area contributed by atoms with Gasteiger partial charge in [-0.15, -0.1) is 0 Å². The van der Waals surface area contributed by atoms with E-state index in [0.717, 1.165) is 25.5 Å². The van der Waals surface area contributed by atoms with Crippen LogP contribution >= 0.6 is 0 Å². The zero-order valence-electron chi connectivity index (χ0n) is 17.9. The quantitative estimate of drug-likeness (QED) is 0.141. The molecule has 0 saturated heterocycles. The van der Waals surface area contributed by atoms with Crippen molar-refractivity contribution in [3.63, 3.8) is 0 Å². The van der Waals surface area contributed by atoms with Gasteiger partial charge in [-0.25, -0.2) is 0 Å². The summed E-state index contributed by atoms with van der Waals surface area (Å²) in [5, 5.41) is -1.96. The largest absolute Gasteiger partial charge is 0.465 e. The van der Waals surface area contributed by atoms with Crippen LogP contribution in [0.3, 0.4) is 0 Å². The molecular weight excluding hydrogens is 396 g/mol. The molecule has 170 valence electrons. The first-order valence-electron chi connectivity index (χ1n) is 10.8. The predicted octanol–water partition coefficient (Wildman–Crippen LogP) is 4.95. The highest BCUT2D eigenvalue weighted by Gasteiger charge is 2.35. The van der Waals surface area contributed by atoms with Crippen molar-refractivity contribution in [1.29, 1.82) is 0 Å². The van der Waals surface area contributed by atoms with Gasteiger partial charge in [0.25, 0.3) is 10.1 Å². The number of esters is 2. The molecule has 8 heteroatoms. The number of allylic oxidation sites excluding steroid dienone is 1. The molecule has 1 atom stereocenters. The normalized spacial score (nSPS) is 12.8. The van der Waals surface area contributed by atoms with Gasteiger partial charge in [0, 0.05) is 0 Å². The van der Waals surface area contributed by atoms with Crippen molar-refractivity contribution in [2.75, 3.05) is 6.61 Å². The van der Waals surface area contributed by atoms with Crippen LogP contribution in [0.15, 0.2) is 12.3 Å². The SMILES string of the molecule is C/C=C/OC(=O)CC(C(=O)OCCCCCCCCCCCCCC)S(=O)(=O)O. The average Bonchev–Trinajstić information content (AvgIpc) is 2.67. The molecule has 0 fully saturated rings. The maximum atomic E-state index is 11.9. The standard InChI is InChI=1S/C21H38O7S/c1-3-5-6-7-8-9-10-11-12-13-14-15-17-28-21(23)19(29(24,25)26)18-20(22)27-16-4-2/h4,16,19H,3,5-15,17-18H2,1-2H3,(H,24,25,26)/b16-4+. The molecule has 0 aliphatic carbocycles. The van der Waals surface area contributed by atoms with E-state index in [-0.39, 0.29) is 6.61 Å². The number of unbranched alkanes of at least 4 members (excludes halogenated alkanes) is 11. The molecule has 0 aromatic rings. The first-order valence-corrected chi connectivity index (χ1v) is 12.3. The minimum absolute atomic E-state index is 0.0617. The summed E-state index contributed by atoms with van der Waals surface area (Å²) in [4.78, 5) is 23.4. The lowest BCUT2D eigenvalue weighted by atomic mass is 10.1. The van der Waals surface area contributed by atoms with Gasteiger partial charge in [0.15, 0.2) is 5.25 Å². The summed E-state index contributed by atoms with van der Waals surface area (Å²) in [6.07, 6.45) is 15.7. The molecular formula is C21H38O7S. The van der Waals surface area contributed by atoms with Gasteiger partial charge in [0.2, 0.25) is 0 Å². The van der Waals surface area contributed by atoms with Gasteiger partial charge < -0.3 is 9.47 Å². The summed E-state index contributed by atoms with van der Waals surface area (Å²) >= 11 is 0. The van der Waals surface area contributed by atoms with E-state index in [1.807, 2.05) is 0 Å². The highest BCUT2D eigenvalue weighted by Crippen LogP contribution is 2.13. The lowest BCUT2D eigenvalue weighted by molar-refractivity contribution is -0.147. The van der Waals surface area contributed by atoms with E-state index in [9.17, 15) is 22.6 Å². The number of hydrogen-bond acceptors (Lipinski definition) is 6. The fourth-order valence-corrected chi connectivity index (χ4v) is 3.52. The third kappa shape index (κ3) is 16.1. The minimum atomic E-state index is -4.75. The fourth-order valence-electron chi connectivity index (χ4n) is 2.86. The van der Waals surface area contributed by atoms with E-state index < -0.39 is 33.7 Å². The molecule has 7 nitrogen and oxygen atoms in total. The molecule has 0 aliphatic rings. The second kappa shape index (κ2) is 17.4. The van der Waals surface area contributed by atoms with Crippen molar-refractivity contribution in [3.05, 3.63) is 12.3 Å². The zero-order valence-corrected chi connectivity index (χ0v) is 18.8. The van der Waals surface area contributed by atoms with E-state index in [2.05, 4.69) is 11.7 Å². The molecule has 0 rings (SSSR count). The van der Waals surface area contributed by atoms with Crippen LogP contribution in [0.1, 0.15) is 97.3 Å². The third-order valence-corrected chi connectivity index (χ3v) is 5.63. The van der Waals surface area contributed by atoms with Gasteiger partial charge in [0.05, 0.1) is 19.3 Å². The molecule has 0 spiro atoms. The molecule has 0 saturated carbocycles. The van der Waals surface area contributed by atoms with Crippen LogP contribution in [0.5, 0.6) is 0 Å². The van der Waals surface area contributed by atoms with Gasteiger partial charge in [0.1, 0.15) is 0 Å². The van der Waals surface area contributed by atoms with Crippen LogP contribution in [-0.2, 0) is 29.2 Å². The Morgan fingerprint density at radius 2 is 1.38 bits per heavy atom. The number of carbonyl (C=O) groups is 2. The van der Waals surface area contributed by atoms with Crippen LogP contribution in [0.25, 0.3) is 0 Å². The van der Waals surface area contributed by atoms with Crippen LogP contribution in [0.4, 0.5) is 0 Å². The Kier molecular flexibility index (Phi) is 16.6. The van der Waals surface area contributed by atoms with Gasteiger partial charge in [-0.3, -0.25) is 14.1 Å². The minimum Gasteiger partial charge on any atom is -0.465 e. The van der Waals surface area contributed by atoms with Crippen LogP contribution in [-0.4, -0.2) is 36.8 Å². The number of carbonyl (C=O) groups excluding carboxylic acids is 2. The van der Waals surface area contributed by atoms with Crippen LogP contribution < -0.4 is 0 Å². The molecule has 1 unspecified atom stereocenters. The Labute approximate surface area is 176 Å². The molecule has 0 amide bonds. The Balaban J connectivity index is 3.87. The monoisotopic (exact) mass is 434 g/mol. The summed E-state index contributed by atoms with van der Waals surface area (Å²) in [6.45, 7) is 3.89. The van der Waals surface area contributed by atoms with Crippen LogP contribution in [0, 0.1) is 0 Å². The predicted molar refractivity (Wildman–Crippen MR) is 113 cm³/mol. The van der Waals surface area contributed by atoms with E-state index in [1.54, 1.807) is 6.92 Å². The van der Waals surface area contributed by atoms with Crippen molar-refractivity contribution in [1.82, 2.24) is 0 Å². The van der Waals surface area contributed by atoms with E-state index in [4.69, 9.17) is 4.74 Å². The Bertz CT molecular complexity index is 570. The molecule has 0 heterocycles. The molecule has 0 aromatic heterocycles. The Morgan fingerprint density at radius 3 is 1.83 bits per heavy atom. The smallest absolute Gasteiger partial charge is 0.327 e. The molecule has 1 N–H and O–H groups in total. The number of rotatable bonds is 18. The molecule has 0 radical (unpaired) electrons. The fraction of sp³-hybridized carbons (Fsp3) is 0.810. The molecule has 29 heavy (non-hydrogen) atoms. The van der Waals surface area contributed by atoms with Crippen molar-refractivity contribution in [2.45, 2.75) is 103 Å². The summed E-state index contributed by atoms with van der Waals surface area (Å²) in [7, 11) is -4.75. The lowest BCUT2D eigenvalue weighted by Gasteiger charge is -2.12. The van der Waals surface area contributed by atoms with Crippen molar-refractivity contribution < 1.29 is 32.0 Å². The van der Waals surface area contributed by atoms with Crippen molar-refractivity contribution >= 4 is 22.1 Å². The summed E-state index contributed by atoms with van der Waals surface area (Å²) in [6, 6.07) is 0. The maximum Gasteiger partial charge on any atom is 0.327 e. The zero-order chi connectivity index (χ0) is 22.0. The summed E-state index contributed by atoms with van der Waals surface area (Å²) in [5.74, 6) is -2.07. The summed E-state index contributed by atoms with van der Waals surface area (Å²) < 4.78 is 41.4. The molecule has 0 bridgehead atoms. The second-order valence-electron chi connectivity index (χ2n) is 7.22. The third-order valence-electron chi connectivity index (χ3n) is 4.55. The molecule has 0 aromatic carbocycles. The van der Waals surface area contributed by atoms with Crippen molar-refractivity contribution in [3.8, 4) is 0 Å². The molecule has 0 aliphatic heterocycles. The van der Waals surface area contributed by atoms with Gasteiger partial charge >= 0.3 is 11.9 Å². The lowest BCUT2D eigenvalue weighted by Crippen LogP contribution is -2.34. The van der Waals surface area contributed by atoms with Gasteiger partial charge in [-0.1, -0.05) is 83.6 Å². The second-order valence-corrected chi connectivity index (χ2v) is 8.82. The highest BCUT2D eigenvalue weighted by atomic mass is 32.2. The first-order chi connectivity index (χ1) is 13.8. The van der Waals surface area contributed by atoms with E-state index in [1.165, 1.54) is 57.4 Å². The van der Waals surface area contributed by atoms with E-state index in [0.29, 0.717) is 6.42 Å². The highest BCUT2D eigenvalue weighted by molar-refractivity contribution is 7.87. The van der Waals surface area contributed by atoms with Crippen LogP contribution in [0.2, 0.25) is 0 Å². The van der Waals surface area contributed by atoms with E-state index >= 15 is 0 Å². The Morgan fingerprint density at radius 1 is 0.897 bits per heavy atom. The number of ether oxygens (including phenoxy) is 2. The Hall–Kier alpha value is -1.41. The van der Waals surface area contributed by atoms with Gasteiger partial charge in [-0.2, -0.15) is 8.42 Å². The summed E-state index contributed by atoms with van der Waals surface area (Å²) in [5.41, 5.74) is 0. The van der Waals surface area contributed by atoms with Crippen molar-refractivity contribution in [2.24, 2.45) is 0 Å². The number of hydrogen-bond donors (Lipinski definition) is 1. The average molecular weight is 435 g/mol. The van der Waals surface area contributed by atoms with Gasteiger partial charge in [-0.05, 0) is 13.3 Å². The first kappa shape index (κ1) is 27.6. The maximum absolute atomic E-state index is 11.9. The topological polar surface area (TPSA) is 107 Å².